The number of hydrogen-bond donors (Lipinski definition) is 1. The lowest BCUT2D eigenvalue weighted by Crippen LogP contribution is -2.29. The Morgan fingerprint density at radius 3 is 2.48 bits per heavy atom. The standard InChI is InChI=1S/C30H24F3N5O2S2/c1-3-35-23-14-9-20(16-34)15-24(23)36-29-38(17-19-7-5-4-6-8-19)27(39)26(42-29)28-37(2)25(18-41-28)21-10-12-22(13-11-21)40-30(31,32)33/h4-15,18,35H,3,17H2,1-2H3. The average molecular weight is 608 g/mol. The van der Waals surface area contributed by atoms with Crippen LogP contribution in [0.15, 0.2) is 93.1 Å². The molecule has 1 N–H and O–H groups in total. The number of halogens is 3. The molecule has 0 aliphatic carbocycles. The van der Waals surface area contributed by atoms with Gasteiger partial charge in [-0.3, -0.25) is 9.69 Å². The highest BCUT2D eigenvalue weighted by molar-refractivity contribution is 8.19. The van der Waals surface area contributed by atoms with Crippen molar-refractivity contribution in [2.45, 2.75) is 19.8 Å². The van der Waals surface area contributed by atoms with Gasteiger partial charge < -0.3 is 15.0 Å². The van der Waals surface area contributed by atoms with Crippen LogP contribution in [-0.4, -0.2) is 40.8 Å². The summed E-state index contributed by atoms with van der Waals surface area (Å²) in [7, 11) is 1.80. The molecule has 2 aliphatic heterocycles. The van der Waals surface area contributed by atoms with E-state index in [1.165, 1.54) is 35.7 Å². The number of nitrogens with zero attached hydrogens (tertiary/aromatic N) is 4. The maximum absolute atomic E-state index is 13.9. The molecule has 0 atom stereocenters. The van der Waals surface area contributed by atoms with Gasteiger partial charge in [-0.15, -0.1) is 13.2 Å². The fourth-order valence-electron chi connectivity index (χ4n) is 4.33. The maximum atomic E-state index is 13.9. The van der Waals surface area contributed by atoms with Crippen molar-refractivity contribution in [1.82, 2.24) is 9.80 Å². The van der Waals surface area contributed by atoms with Crippen LogP contribution in [-0.2, 0) is 11.3 Å². The van der Waals surface area contributed by atoms with E-state index in [0.717, 1.165) is 16.9 Å². The molecule has 2 heterocycles. The second-order valence-electron chi connectivity index (χ2n) is 9.13. The molecule has 1 saturated heterocycles. The van der Waals surface area contributed by atoms with E-state index in [1.807, 2.05) is 47.6 Å². The first-order chi connectivity index (χ1) is 20.2. The quantitative estimate of drug-likeness (QED) is 0.279. The maximum Gasteiger partial charge on any atom is 0.573 e. The molecule has 0 bridgehead atoms. The summed E-state index contributed by atoms with van der Waals surface area (Å²) < 4.78 is 41.7. The largest absolute Gasteiger partial charge is 0.573 e. The van der Waals surface area contributed by atoms with E-state index in [2.05, 4.69) is 16.1 Å². The monoisotopic (exact) mass is 607 g/mol. The molecule has 1 amide bonds. The number of thioether (sulfide) groups is 2. The molecular formula is C30H24F3N5O2S2. The van der Waals surface area contributed by atoms with Gasteiger partial charge in [-0.2, -0.15) is 5.26 Å². The number of amidine groups is 1. The van der Waals surface area contributed by atoms with Crippen LogP contribution in [0, 0.1) is 11.3 Å². The minimum Gasteiger partial charge on any atom is -0.406 e. The first-order valence-corrected chi connectivity index (χ1v) is 14.5. The zero-order chi connectivity index (χ0) is 29.9. The molecule has 3 aromatic carbocycles. The number of ether oxygens (including phenoxy) is 1. The molecule has 1 fully saturated rings. The molecule has 0 radical (unpaired) electrons. The average Bonchev–Trinajstić information content (AvgIpc) is 3.48. The first-order valence-electron chi connectivity index (χ1n) is 12.8. The third-order valence-electron chi connectivity index (χ3n) is 6.28. The minimum atomic E-state index is -4.77. The SMILES string of the molecule is CCNc1ccc(C#N)cc1N=C1SC(=C2SC=C(c3ccc(OC(F)(F)F)cc3)N2C)C(=O)N1Cc1ccccc1. The Balaban J connectivity index is 1.49. The van der Waals surface area contributed by atoms with Crippen LogP contribution >= 0.6 is 23.5 Å². The summed E-state index contributed by atoms with van der Waals surface area (Å²) in [5, 5.41) is 15.7. The third-order valence-corrected chi connectivity index (χ3v) is 8.52. The topological polar surface area (TPSA) is 81.0 Å². The Kier molecular flexibility index (Phi) is 8.51. The highest BCUT2D eigenvalue weighted by atomic mass is 32.2. The first kappa shape index (κ1) is 29.2. The predicted octanol–water partition coefficient (Wildman–Crippen LogP) is 7.50. The van der Waals surface area contributed by atoms with Crippen LogP contribution in [0.5, 0.6) is 5.75 Å². The Morgan fingerprint density at radius 2 is 1.81 bits per heavy atom. The highest BCUT2D eigenvalue weighted by Crippen LogP contribution is 2.46. The van der Waals surface area contributed by atoms with Crippen LogP contribution in [0.2, 0.25) is 0 Å². The fraction of sp³-hybridized carbons (Fsp3) is 0.167. The molecule has 5 rings (SSSR count). The number of carbonyl (C=O) groups excluding carboxylic acids is 1. The van der Waals surface area contributed by atoms with Gasteiger partial charge in [-0.1, -0.05) is 42.1 Å². The second kappa shape index (κ2) is 12.3. The van der Waals surface area contributed by atoms with Gasteiger partial charge in [-0.05, 0) is 72.3 Å². The Morgan fingerprint density at radius 1 is 1.07 bits per heavy atom. The van der Waals surface area contributed by atoms with Gasteiger partial charge in [0.2, 0.25) is 0 Å². The number of carbonyl (C=O) groups is 1. The number of rotatable bonds is 7. The number of benzene rings is 3. The lowest BCUT2D eigenvalue weighted by molar-refractivity contribution is -0.274. The summed E-state index contributed by atoms with van der Waals surface area (Å²) in [5.41, 5.74) is 4.06. The number of aliphatic imine (C=N–C) groups is 1. The summed E-state index contributed by atoms with van der Waals surface area (Å²) in [6.45, 7) is 2.91. The second-order valence-corrected chi connectivity index (χ2v) is 11.0. The zero-order valence-corrected chi connectivity index (χ0v) is 24.1. The molecule has 214 valence electrons. The lowest BCUT2D eigenvalue weighted by atomic mass is 10.1. The lowest BCUT2D eigenvalue weighted by Gasteiger charge is -2.19. The molecule has 0 saturated carbocycles. The number of alkyl halides is 3. The van der Waals surface area contributed by atoms with Gasteiger partial charge in [0.05, 0.1) is 40.3 Å². The minimum absolute atomic E-state index is 0.220. The van der Waals surface area contributed by atoms with Crippen molar-refractivity contribution in [3.05, 3.63) is 105 Å². The normalized spacial score (nSPS) is 18.0. The highest BCUT2D eigenvalue weighted by Gasteiger charge is 2.39. The van der Waals surface area contributed by atoms with E-state index in [1.54, 1.807) is 42.3 Å². The Labute approximate surface area is 249 Å². The van der Waals surface area contributed by atoms with Crippen molar-refractivity contribution in [3.63, 3.8) is 0 Å². The predicted molar refractivity (Wildman–Crippen MR) is 160 cm³/mol. The molecule has 2 aliphatic rings. The summed E-state index contributed by atoms with van der Waals surface area (Å²) >= 11 is 2.60. The van der Waals surface area contributed by atoms with E-state index >= 15 is 0 Å². The number of nitriles is 1. The molecule has 3 aromatic rings. The van der Waals surface area contributed by atoms with E-state index in [9.17, 15) is 23.2 Å². The molecule has 42 heavy (non-hydrogen) atoms. The van der Waals surface area contributed by atoms with Crippen LogP contribution in [0.1, 0.15) is 23.6 Å². The van der Waals surface area contributed by atoms with Crippen LogP contribution in [0.25, 0.3) is 5.70 Å². The zero-order valence-electron chi connectivity index (χ0n) is 22.5. The Hall–Kier alpha value is -4.34. The van der Waals surface area contributed by atoms with Crippen molar-refractivity contribution < 1.29 is 22.7 Å². The van der Waals surface area contributed by atoms with E-state index in [4.69, 9.17) is 4.99 Å². The van der Waals surface area contributed by atoms with Crippen LogP contribution in [0.3, 0.4) is 0 Å². The summed E-state index contributed by atoms with van der Waals surface area (Å²) in [4.78, 5) is 22.7. The van der Waals surface area contributed by atoms with Crippen molar-refractivity contribution in [3.8, 4) is 11.8 Å². The number of hydrogen-bond acceptors (Lipinski definition) is 8. The number of nitrogens with one attached hydrogen (secondary N) is 1. The van der Waals surface area contributed by atoms with Crippen molar-refractivity contribution in [1.29, 1.82) is 5.26 Å². The van der Waals surface area contributed by atoms with E-state index in [0.29, 0.717) is 45.0 Å². The summed E-state index contributed by atoms with van der Waals surface area (Å²) in [6, 6.07) is 22.5. The number of amides is 1. The van der Waals surface area contributed by atoms with E-state index in [-0.39, 0.29) is 11.7 Å². The molecule has 0 spiro atoms. The number of anilines is 1. The van der Waals surface area contributed by atoms with Gasteiger partial charge >= 0.3 is 6.36 Å². The summed E-state index contributed by atoms with van der Waals surface area (Å²) in [6.07, 6.45) is -4.77. The van der Waals surface area contributed by atoms with Crippen LogP contribution in [0.4, 0.5) is 24.5 Å². The van der Waals surface area contributed by atoms with Gasteiger partial charge in [0.15, 0.2) is 5.17 Å². The van der Waals surface area contributed by atoms with Crippen molar-refractivity contribution in [2.24, 2.45) is 4.99 Å². The molecular weight excluding hydrogens is 583 g/mol. The summed E-state index contributed by atoms with van der Waals surface area (Å²) in [5.74, 6) is -0.531. The fourth-order valence-corrected chi connectivity index (χ4v) is 6.58. The van der Waals surface area contributed by atoms with Crippen molar-refractivity contribution >= 4 is 51.7 Å². The van der Waals surface area contributed by atoms with Gasteiger partial charge in [0.25, 0.3) is 5.91 Å². The van der Waals surface area contributed by atoms with E-state index < -0.39 is 6.36 Å². The Bertz CT molecular complexity index is 1630. The van der Waals surface area contributed by atoms with Gasteiger partial charge in [-0.25, -0.2) is 4.99 Å². The molecule has 12 heteroatoms. The van der Waals surface area contributed by atoms with Crippen LogP contribution < -0.4 is 10.1 Å². The molecule has 7 nitrogen and oxygen atoms in total. The van der Waals surface area contributed by atoms with Gasteiger partial charge in [0.1, 0.15) is 10.7 Å². The van der Waals surface area contributed by atoms with Crippen molar-refractivity contribution in [2.75, 3.05) is 18.9 Å². The smallest absolute Gasteiger partial charge is 0.406 e. The molecule has 0 unspecified atom stereocenters. The molecule has 0 aromatic heterocycles. The third kappa shape index (κ3) is 6.42. The van der Waals surface area contributed by atoms with Gasteiger partial charge in [0, 0.05) is 19.0 Å².